The number of rotatable bonds is 1. The number of benzene rings is 1. The minimum absolute atomic E-state index is 0.146. The normalized spacial score (nSPS) is 26.4. The third-order valence-electron chi connectivity index (χ3n) is 3.86. The first-order valence-electron chi connectivity index (χ1n) is 6.38. The van der Waals surface area contributed by atoms with E-state index in [1.165, 1.54) is 5.56 Å². The van der Waals surface area contributed by atoms with Crippen LogP contribution >= 0.6 is 0 Å². The van der Waals surface area contributed by atoms with E-state index in [9.17, 15) is 4.39 Å². The highest BCUT2D eigenvalue weighted by molar-refractivity contribution is 5.23. The molecule has 0 bridgehead atoms. The van der Waals surface area contributed by atoms with Crippen LogP contribution in [0.1, 0.15) is 39.2 Å². The first kappa shape index (κ1) is 12.6. The molecule has 0 spiro atoms. The van der Waals surface area contributed by atoms with Crippen molar-refractivity contribution in [1.82, 2.24) is 4.90 Å². The van der Waals surface area contributed by atoms with Crippen molar-refractivity contribution in [3.05, 3.63) is 35.6 Å². The molecule has 1 aromatic rings. The number of hydrogen-bond acceptors (Lipinski definition) is 1. The van der Waals surface area contributed by atoms with Crippen LogP contribution in [-0.4, -0.2) is 23.5 Å². The van der Waals surface area contributed by atoms with Gasteiger partial charge < -0.3 is 0 Å². The molecule has 1 aromatic carbocycles. The van der Waals surface area contributed by atoms with Crippen LogP contribution < -0.4 is 0 Å². The molecule has 0 aromatic heterocycles. The largest absolute Gasteiger partial charge is 0.298 e. The van der Waals surface area contributed by atoms with Crippen LogP contribution in [0.5, 0.6) is 0 Å². The number of halogens is 1. The van der Waals surface area contributed by atoms with Crippen molar-refractivity contribution in [2.24, 2.45) is 5.92 Å². The summed E-state index contributed by atoms with van der Waals surface area (Å²) in [6, 6.07) is 7.01. The Kier molecular flexibility index (Phi) is 3.26. The molecule has 2 atom stereocenters. The number of nitrogens with zero attached hydrogens (tertiary/aromatic N) is 1. The van der Waals surface area contributed by atoms with Gasteiger partial charge in [0.15, 0.2) is 0 Å². The maximum atomic E-state index is 12.9. The summed E-state index contributed by atoms with van der Waals surface area (Å²) in [5, 5.41) is 0. The maximum absolute atomic E-state index is 12.9. The highest BCUT2D eigenvalue weighted by atomic mass is 19.1. The van der Waals surface area contributed by atoms with Crippen LogP contribution in [0.2, 0.25) is 0 Å². The molecule has 1 aliphatic heterocycles. The topological polar surface area (TPSA) is 3.24 Å². The zero-order chi connectivity index (χ0) is 12.6. The van der Waals surface area contributed by atoms with Crippen LogP contribution in [0, 0.1) is 11.7 Å². The molecule has 17 heavy (non-hydrogen) atoms. The van der Waals surface area contributed by atoms with Crippen molar-refractivity contribution >= 4 is 0 Å². The minimum Gasteiger partial charge on any atom is -0.298 e. The van der Waals surface area contributed by atoms with E-state index in [0.717, 1.165) is 13.1 Å². The summed E-state index contributed by atoms with van der Waals surface area (Å²) in [5.74, 6) is 1.03. The maximum Gasteiger partial charge on any atom is 0.123 e. The summed E-state index contributed by atoms with van der Waals surface area (Å²) in [5.41, 5.74) is 1.49. The lowest BCUT2D eigenvalue weighted by Gasteiger charge is -2.31. The van der Waals surface area contributed by atoms with Crippen LogP contribution in [0.15, 0.2) is 24.3 Å². The van der Waals surface area contributed by atoms with Gasteiger partial charge in [-0.25, -0.2) is 4.39 Å². The second-order valence-corrected chi connectivity index (χ2v) is 6.21. The second kappa shape index (κ2) is 4.41. The molecule has 2 unspecified atom stereocenters. The van der Waals surface area contributed by atoms with Crippen molar-refractivity contribution in [3.8, 4) is 0 Å². The molecule has 0 saturated carbocycles. The van der Waals surface area contributed by atoms with E-state index in [4.69, 9.17) is 0 Å². The van der Waals surface area contributed by atoms with Crippen molar-refractivity contribution in [3.63, 3.8) is 0 Å². The van der Waals surface area contributed by atoms with Gasteiger partial charge in [0, 0.05) is 24.5 Å². The molecule has 0 N–H and O–H groups in total. The summed E-state index contributed by atoms with van der Waals surface area (Å²) in [4.78, 5) is 2.52. The Morgan fingerprint density at radius 1 is 1.12 bits per heavy atom. The summed E-state index contributed by atoms with van der Waals surface area (Å²) in [7, 11) is 0. The van der Waals surface area contributed by atoms with E-state index in [1.54, 1.807) is 12.1 Å². The smallest absolute Gasteiger partial charge is 0.123 e. The number of likely N-dealkylation sites (tertiary alicyclic amines) is 1. The van der Waals surface area contributed by atoms with Gasteiger partial charge in [-0.2, -0.15) is 0 Å². The van der Waals surface area contributed by atoms with Crippen molar-refractivity contribution in [2.75, 3.05) is 13.1 Å². The molecule has 94 valence electrons. The second-order valence-electron chi connectivity index (χ2n) is 6.21. The summed E-state index contributed by atoms with van der Waals surface area (Å²) < 4.78 is 12.9. The Morgan fingerprint density at radius 3 is 2.18 bits per heavy atom. The lowest BCUT2D eigenvalue weighted by atomic mass is 9.90. The van der Waals surface area contributed by atoms with Crippen molar-refractivity contribution in [2.45, 2.75) is 39.2 Å². The average Bonchev–Trinajstić information content (AvgIpc) is 2.61. The molecule has 1 saturated heterocycles. The quantitative estimate of drug-likeness (QED) is 0.718. The zero-order valence-corrected chi connectivity index (χ0v) is 11.2. The highest BCUT2D eigenvalue weighted by Crippen LogP contribution is 2.35. The Balaban J connectivity index is 2.16. The van der Waals surface area contributed by atoms with Crippen LogP contribution in [0.4, 0.5) is 4.39 Å². The molecule has 0 amide bonds. The minimum atomic E-state index is -0.146. The van der Waals surface area contributed by atoms with E-state index < -0.39 is 0 Å². The van der Waals surface area contributed by atoms with Crippen LogP contribution in [-0.2, 0) is 0 Å². The lowest BCUT2D eigenvalue weighted by Crippen LogP contribution is -2.39. The Morgan fingerprint density at radius 2 is 1.71 bits per heavy atom. The van der Waals surface area contributed by atoms with E-state index in [1.807, 2.05) is 12.1 Å². The van der Waals surface area contributed by atoms with Gasteiger partial charge in [0.25, 0.3) is 0 Å². The van der Waals surface area contributed by atoms with E-state index in [2.05, 4.69) is 32.6 Å². The molecule has 2 heteroatoms. The highest BCUT2D eigenvalue weighted by Gasteiger charge is 2.35. The SMILES string of the molecule is CC1CN(C(C)(C)C)CC1c1ccc(F)cc1. The van der Waals surface area contributed by atoms with Gasteiger partial charge in [-0.05, 0) is 44.4 Å². The molecule has 1 aliphatic rings. The van der Waals surface area contributed by atoms with Gasteiger partial charge in [-0.3, -0.25) is 4.90 Å². The Hall–Kier alpha value is -0.890. The average molecular weight is 235 g/mol. The Labute approximate surface area is 104 Å². The Bertz CT molecular complexity index is 377. The van der Waals surface area contributed by atoms with Gasteiger partial charge in [0.1, 0.15) is 5.82 Å². The van der Waals surface area contributed by atoms with Gasteiger partial charge in [-0.15, -0.1) is 0 Å². The lowest BCUT2D eigenvalue weighted by molar-refractivity contribution is 0.168. The van der Waals surface area contributed by atoms with E-state index in [-0.39, 0.29) is 11.4 Å². The van der Waals surface area contributed by atoms with Crippen molar-refractivity contribution < 1.29 is 4.39 Å². The molecular weight excluding hydrogens is 213 g/mol. The number of hydrogen-bond donors (Lipinski definition) is 0. The molecule has 1 fully saturated rings. The first-order valence-corrected chi connectivity index (χ1v) is 6.38. The fraction of sp³-hybridized carbons (Fsp3) is 0.600. The zero-order valence-electron chi connectivity index (χ0n) is 11.2. The fourth-order valence-electron chi connectivity index (χ4n) is 2.66. The standard InChI is InChI=1S/C15H22FN/c1-11-9-17(15(2,3)4)10-14(11)12-5-7-13(16)8-6-12/h5-8,11,14H,9-10H2,1-4H3. The molecule has 2 rings (SSSR count). The van der Waals surface area contributed by atoms with Gasteiger partial charge >= 0.3 is 0 Å². The van der Waals surface area contributed by atoms with E-state index >= 15 is 0 Å². The predicted octanol–water partition coefficient (Wildman–Crippen LogP) is 3.66. The molecule has 0 radical (unpaired) electrons. The van der Waals surface area contributed by atoms with Crippen LogP contribution in [0.3, 0.4) is 0 Å². The van der Waals surface area contributed by atoms with Gasteiger partial charge in [0.05, 0.1) is 0 Å². The van der Waals surface area contributed by atoms with Crippen molar-refractivity contribution in [1.29, 1.82) is 0 Å². The monoisotopic (exact) mass is 235 g/mol. The van der Waals surface area contributed by atoms with Gasteiger partial charge in [0.2, 0.25) is 0 Å². The van der Waals surface area contributed by atoms with E-state index in [0.29, 0.717) is 11.8 Å². The molecule has 1 heterocycles. The summed E-state index contributed by atoms with van der Waals surface area (Å²) >= 11 is 0. The van der Waals surface area contributed by atoms with Gasteiger partial charge in [-0.1, -0.05) is 19.1 Å². The third kappa shape index (κ3) is 2.68. The molecule has 1 nitrogen and oxygen atoms in total. The summed E-state index contributed by atoms with van der Waals surface area (Å²) in [6.07, 6.45) is 0. The molecular formula is C15H22FN. The fourth-order valence-corrected chi connectivity index (χ4v) is 2.66. The molecule has 0 aliphatic carbocycles. The third-order valence-corrected chi connectivity index (χ3v) is 3.86. The first-order chi connectivity index (χ1) is 7.88. The predicted molar refractivity (Wildman–Crippen MR) is 69.6 cm³/mol. The van der Waals surface area contributed by atoms with Crippen LogP contribution in [0.25, 0.3) is 0 Å². The summed E-state index contributed by atoms with van der Waals surface area (Å²) in [6.45, 7) is 11.3.